The molecule has 1 aromatic rings. The van der Waals surface area contributed by atoms with Crippen molar-refractivity contribution >= 4 is 34.2 Å². The summed E-state index contributed by atoms with van der Waals surface area (Å²) in [6.45, 7) is 1.82. The van der Waals surface area contributed by atoms with E-state index in [9.17, 15) is 4.79 Å². The second kappa shape index (κ2) is 4.42. The van der Waals surface area contributed by atoms with Crippen LogP contribution in [0.2, 0.25) is 0 Å². The highest BCUT2D eigenvalue weighted by Crippen LogP contribution is 2.34. The van der Waals surface area contributed by atoms with E-state index in [1.807, 2.05) is 42.7 Å². The average molecular weight is 257 g/mol. The number of benzene rings is 1. The number of carbonyl (C=O) groups excluding carboxylic acids is 1. The molecule has 5 heteroatoms. The Hall–Kier alpha value is -1.88. The van der Waals surface area contributed by atoms with E-state index in [1.54, 1.807) is 4.90 Å². The third-order valence-electron chi connectivity index (χ3n) is 2.74. The number of thioether (sulfide) groups is 1. The van der Waals surface area contributed by atoms with Gasteiger partial charge in [-0.05, 0) is 12.5 Å². The van der Waals surface area contributed by atoms with Crippen molar-refractivity contribution in [2.24, 2.45) is 10.2 Å². The van der Waals surface area contributed by atoms with E-state index >= 15 is 0 Å². The second-order valence-electron chi connectivity index (χ2n) is 4.11. The van der Waals surface area contributed by atoms with Crippen LogP contribution in [-0.4, -0.2) is 21.7 Å². The lowest BCUT2D eigenvalue weighted by Crippen LogP contribution is -2.30. The van der Waals surface area contributed by atoms with Gasteiger partial charge in [-0.1, -0.05) is 42.1 Å². The number of amidine groups is 1. The van der Waals surface area contributed by atoms with Crippen LogP contribution in [0.3, 0.4) is 0 Å². The number of amides is 1. The van der Waals surface area contributed by atoms with Gasteiger partial charge in [0.25, 0.3) is 0 Å². The second-order valence-corrected chi connectivity index (χ2v) is 4.95. The number of hydrogen-bond acceptors (Lipinski definition) is 4. The summed E-state index contributed by atoms with van der Waals surface area (Å²) in [6.07, 6.45) is 0.317. The summed E-state index contributed by atoms with van der Waals surface area (Å²) < 4.78 is 0. The van der Waals surface area contributed by atoms with Crippen molar-refractivity contribution in [1.29, 1.82) is 0 Å². The average Bonchev–Trinajstić information content (AvgIpc) is 2.75. The van der Waals surface area contributed by atoms with Crippen molar-refractivity contribution in [1.82, 2.24) is 4.90 Å². The Labute approximate surface area is 109 Å². The maximum atomic E-state index is 12.2. The SMILES string of the molecule is CC1=NN=C2SC=C(c3ccccc3)N2C(=O)C1. The first kappa shape index (κ1) is 11.2. The molecule has 0 atom stereocenters. The molecule has 0 bridgehead atoms. The zero-order valence-electron chi connectivity index (χ0n) is 9.83. The van der Waals surface area contributed by atoms with Crippen LogP contribution < -0.4 is 0 Å². The van der Waals surface area contributed by atoms with E-state index in [0.29, 0.717) is 11.6 Å². The van der Waals surface area contributed by atoms with Gasteiger partial charge in [-0.2, -0.15) is 5.10 Å². The summed E-state index contributed by atoms with van der Waals surface area (Å²) in [4.78, 5) is 13.9. The predicted molar refractivity (Wildman–Crippen MR) is 74.0 cm³/mol. The fourth-order valence-electron chi connectivity index (χ4n) is 1.89. The summed E-state index contributed by atoms with van der Waals surface area (Å²) in [5, 5.41) is 10.7. The van der Waals surface area contributed by atoms with Crippen LogP contribution in [-0.2, 0) is 4.79 Å². The molecule has 3 rings (SSSR count). The predicted octanol–water partition coefficient (Wildman–Crippen LogP) is 2.70. The molecule has 0 radical (unpaired) electrons. The standard InChI is InChI=1S/C13H11N3OS/c1-9-7-12(17)16-11(8-18-13(16)15-14-9)10-5-3-2-4-6-10/h2-6,8H,7H2,1H3. The molecule has 2 heterocycles. The zero-order chi connectivity index (χ0) is 12.5. The monoisotopic (exact) mass is 257 g/mol. The van der Waals surface area contributed by atoms with Gasteiger partial charge in [0.15, 0.2) is 0 Å². The van der Waals surface area contributed by atoms with Gasteiger partial charge >= 0.3 is 0 Å². The molecular weight excluding hydrogens is 246 g/mol. The fourth-order valence-corrected chi connectivity index (χ4v) is 2.75. The quantitative estimate of drug-likeness (QED) is 0.776. The summed E-state index contributed by atoms with van der Waals surface area (Å²) in [7, 11) is 0. The molecule has 0 aliphatic carbocycles. The molecule has 0 saturated carbocycles. The van der Waals surface area contributed by atoms with Crippen molar-refractivity contribution < 1.29 is 4.79 Å². The van der Waals surface area contributed by atoms with E-state index in [0.717, 1.165) is 17.0 Å². The number of hydrogen-bond donors (Lipinski definition) is 0. The van der Waals surface area contributed by atoms with Gasteiger partial charge in [0.1, 0.15) is 0 Å². The molecule has 18 heavy (non-hydrogen) atoms. The van der Waals surface area contributed by atoms with Gasteiger partial charge in [-0.3, -0.25) is 9.69 Å². The van der Waals surface area contributed by atoms with Gasteiger partial charge in [0.2, 0.25) is 11.1 Å². The number of fused-ring (bicyclic) bond motifs is 1. The van der Waals surface area contributed by atoms with Gasteiger partial charge in [0, 0.05) is 11.1 Å². The highest BCUT2D eigenvalue weighted by atomic mass is 32.2. The van der Waals surface area contributed by atoms with Gasteiger partial charge in [-0.25, -0.2) is 0 Å². The third kappa shape index (κ3) is 1.86. The van der Waals surface area contributed by atoms with Crippen molar-refractivity contribution in [3.05, 3.63) is 41.3 Å². The Balaban J connectivity index is 2.00. The molecule has 0 N–H and O–H groups in total. The minimum atomic E-state index is 0.0209. The lowest BCUT2D eigenvalue weighted by Gasteiger charge is -2.18. The molecule has 0 saturated heterocycles. The van der Waals surface area contributed by atoms with Gasteiger partial charge in [0.05, 0.1) is 12.1 Å². The Kier molecular flexibility index (Phi) is 2.76. The van der Waals surface area contributed by atoms with Crippen LogP contribution in [0.1, 0.15) is 18.9 Å². The van der Waals surface area contributed by atoms with E-state index in [1.165, 1.54) is 11.8 Å². The molecule has 0 fully saturated rings. The molecule has 2 aliphatic heterocycles. The van der Waals surface area contributed by atoms with Gasteiger partial charge in [-0.15, -0.1) is 5.10 Å². The molecular formula is C13H11N3OS. The van der Waals surface area contributed by atoms with E-state index < -0.39 is 0 Å². The van der Waals surface area contributed by atoms with E-state index in [-0.39, 0.29) is 5.91 Å². The van der Waals surface area contributed by atoms with Gasteiger partial charge < -0.3 is 0 Å². The number of nitrogens with zero attached hydrogens (tertiary/aromatic N) is 3. The largest absolute Gasteiger partial charge is 0.274 e. The Morgan fingerprint density at radius 2 is 2.00 bits per heavy atom. The summed E-state index contributed by atoms with van der Waals surface area (Å²) in [5.74, 6) is 0.0209. The van der Waals surface area contributed by atoms with Crippen molar-refractivity contribution in [3.8, 4) is 0 Å². The molecule has 1 aromatic carbocycles. The smallest absolute Gasteiger partial charge is 0.238 e. The first-order valence-corrected chi connectivity index (χ1v) is 6.50. The van der Waals surface area contributed by atoms with Crippen LogP contribution in [0.25, 0.3) is 5.70 Å². The molecule has 2 aliphatic rings. The summed E-state index contributed by atoms with van der Waals surface area (Å²) in [6, 6.07) is 9.85. The normalized spacial score (nSPS) is 18.8. The topological polar surface area (TPSA) is 45.0 Å². The Morgan fingerprint density at radius 1 is 1.22 bits per heavy atom. The lowest BCUT2D eigenvalue weighted by molar-refractivity contribution is -0.123. The molecule has 90 valence electrons. The van der Waals surface area contributed by atoms with Crippen molar-refractivity contribution in [2.75, 3.05) is 0 Å². The molecule has 0 unspecified atom stereocenters. The van der Waals surface area contributed by atoms with Crippen molar-refractivity contribution in [2.45, 2.75) is 13.3 Å². The van der Waals surface area contributed by atoms with E-state index in [4.69, 9.17) is 0 Å². The maximum Gasteiger partial charge on any atom is 0.238 e. The minimum absolute atomic E-state index is 0.0209. The first-order chi connectivity index (χ1) is 8.75. The summed E-state index contributed by atoms with van der Waals surface area (Å²) in [5.41, 5.74) is 2.65. The van der Waals surface area contributed by atoms with Crippen LogP contribution >= 0.6 is 11.8 Å². The Morgan fingerprint density at radius 3 is 2.78 bits per heavy atom. The molecule has 4 nitrogen and oxygen atoms in total. The van der Waals surface area contributed by atoms with Crippen molar-refractivity contribution in [3.63, 3.8) is 0 Å². The van der Waals surface area contributed by atoms with Crippen LogP contribution in [0, 0.1) is 0 Å². The molecule has 0 spiro atoms. The highest BCUT2D eigenvalue weighted by molar-refractivity contribution is 8.16. The Bertz CT molecular complexity index is 590. The van der Waals surface area contributed by atoms with Crippen LogP contribution in [0.15, 0.2) is 45.9 Å². The number of carbonyl (C=O) groups is 1. The minimum Gasteiger partial charge on any atom is -0.274 e. The molecule has 1 amide bonds. The first-order valence-electron chi connectivity index (χ1n) is 5.62. The molecule has 0 aromatic heterocycles. The summed E-state index contributed by atoms with van der Waals surface area (Å²) >= 11 is 1.43. The zero-order valence-corrected chi connectivity index (χ0v) is 10.6. The fraction of sp³-hybridized carbons (Fsp3) is 0.154. The van der Waals surface area contributed by atoms with Crippen LogP contribution in [0.5, 0.6) is 0 Å². The van der Waals surface area contributed by atoms with Crippen LogP contribution in [0.4, 0.5) is 0 Å². The third-order valence-corrected chi connectivity index (χ3v) is 3.56. The number of rotatable bonds is 1. The highest BCUT2D eigenvalue weighted by Gasteiger charge is 2.31. The lowest BCUT2D eigenvalue weighted by atomic mass is 10.1. The van der Waals surface area contributed by atoms with E-state index in [2.05, 4.69) is 10.2 Å². The maximum absolute atomic E-state index is 12.2.